The number of nitrogens with zero attached hydrogens (tertiary/aromatic N) is 1. The van der Waals surface area contributed by atoms with Crippen molar-refractivity contribution in [3.63, 3.8) is 0 Å². The van der Waals surface area contributed by atoms with Crippen molar-refractivity contribution in [3.05, 3.63) is 23.7 Å². The molecule has 124 valence electrons. The lowest BCUT2D eigenvalue weighted by Gasteiger charge is -2.39. The van der Waals surface area contributed by atoms with E-state index in [4.69, 9.17) is 9.15 Å². The normalized spacial score (nSPS) is 28.8. The second kappa shape index (κ2) is 6.34. The molecule has 3 rings (SSSR count). The predicted octanol–water partition coefficient (Wildman–Crippen LogP) is 2.87. The number of rotatable bonds is 3. The van der Waals surface area contributed by atoms with Crippen LogP contribution in [0.5, 0.6) is 0 Å². The van der Waals surface area contributed by atoms with E-state index in [2.05, 4.69) is 6.92 Å². The first-order valence-corrected chi connectivity index (χ1v) is 9.63. The van der Waals surface area contributed by atoms with Gasteiger partial charge in [-0.25, -0.2) is 8.42 Å². The van der Waals surface area contributed by atoms with Crippen molar-refractivity contribution in [2.75, 3.05) is 19.8 Å². The summed E-state index contributed by atoms with van der Waals surface area (Å²) < 4.78 is 38.9. The molecule has 0 unspecified atom stereocenters. The van der Waals surface area contributed by atoms with Gasteiger partial charge in [-0.3, -0.25) is 0 Å². The molecular weight excluding hydrogens is 302 g/mol. The van der Waals surface area contributed by atoms with Crippen LogP contribution in [0.15, 0.2) is 16.5 Å². The molecule has 0 spiro atoms. The number of ether oxygens (including phenoxy) is 1. The Labute approximate surface area is 132 Å². The van der Waals surface area contributed by atoms with Crippen LogP contribution in [0, 0.1) is 12.8 Å². The van der Waals surface area contributed by atoms with Crippen molar-refractivity contribution >= 4 is 10.0 Å². The highest BCUT2D eigenvalue weighted by molar-refractivity contribution is 7.89. The maximum atomic E-state index is 13.1. The smallest absolute Gasteiger partial charge is 0.217 e. The zero-order valence-corrected chi connectivity index (χ0v) is 14.1. The number of hydrogen-bond acceptors (Lipinski definition) is 4. The van der Waals surface area contributed by atoms with Gasteiger partial charge in [-0.2, -0.15) is 4.31 Å². The summed E-state index contributed by atoms with van der Waals surface area (Å²) in [5.74, 6) is 2.12. The van der Waals surface area contributed by atoms with Crippen molar-refractivity contribution in [1.82, 2.24) is 4.31 Å². The van der Waals surface area contributed by atoms with Gasteiger partial charge in [0.1, 0.15) is 11.5 Å². The zero-order chi connectivity index (χ0) is 15.7. The van der Waals surface area contributed by atoms with Crippen molar-refractivity contribution in [2.24, 2.45) is 5.92 Å². The van der Waals surface area contributed by atoms with E-state index in [0.717, 1.165) is 24.4 Å². The van der Waals surface area contributed by atoms with E-state index in [1.54, 1.807) is 4.31 Å². The molecule has 0 N–H and O–H groups in total. The average molecular weight is 327 g/mol. The highest BCUT2D eigenvalue weighted by Crippen LogP contribution is 2.38. The fourth-order valence-corrected chi connectivity index (χ4v) is 5.56. The van der Waals surface area contributed by atoms with E-state index in [9.17, 15) is 8.42 Å². The minimum absolute atomic E-state index is 0.162. The van der Waals surface area contributed by atoms with Gasteiger partial charge in [-0.15, -0.1) is 0 Å². The summed E-state index contributed by atoms with van der Waals surface area (Å²) in [5, 5.41) is -0.312. The first kappa shape index (κ1) is 16.0. The molecule has 5 nitrogen and oxygen atoms in total. The summed E-state index contributed by atoms with van der Waals surface area (Å²) in [6.45, 7) is 5.75. The Bertz CT molecular complexity index is 603. The fourth-order valence-electron chi connectivity index (χ4n) is 3.48. The summed E-state index contributed by atoms with van der Waals surface area (Å²) in [6.07, 6.45) is 2.94. The Hall–Kier alpha value is -0.850. The van der Waals surface area contributed by atoms with Crippen LogP contribution >= 0.6 is 0 Å². The van der Waals surface area contributed by atoms with Crippen LogP contribution in [0.2, 0.25) is 0 Å². The van der Waals surface area contributed by atoms with Gasteiger partial charge in [0, 0.05) is 19.8 Å². The Kier molecular flexibility index (Phi) is 4.61. The molecule has 2 atom stereocenters. The minimum atomic E-state index is -3.30. The molecule has 0 bridgehead atoms. The van der Waals surface area contributed by atoms with Crippen LogP contribution < -0.4 is 0 Å². The Morgan fingerprint density at radius 1 is 1.18 bits per heavy atom. The van der Waals surface area contributed by atoms with E-state index in [0.29, 0.717) is 38.5 Å². The van der Waals surface area contributed by atoms with E-state index in [-0.39, 0.29) is 11.3 Å². The third-order valence-corrected chi connectivity index (χ3v) is 7.23. The SMILES string of the molecule is Cc1ccc([C@@H]2C[C@H](C)CCN2S(=O)(=O)C2CCOCC2)o1. The maximum absolute atomic E-state index is 13.1. The monoisotopic (exact) mass is 327 g/mol. The lowest BCUT2D eigenvalue weighted by molar-refractivity contribution is 0.0952. The van der Waals surface area contributed by atoms with Crippen LogP contribution in [-0.4, -0.2) is 37.7 Å². The van der Waals surface area contributed by atoms with Gasteiger partial charge >= 0.3 is 0 Å². The summed E-state index contributed by atoms with van der Waals surface area (Å²) >= 11 is 0. The lowest BCUT2D eigenvalue weighted by atomic mass is 9.93. The zero-order valence-electron chi connectivity index (χ0n) is 13.3. The third-order valence-electron chi connectivity index (χ3n) is 4.82. The van der Waals surface area contributed by atoms with Crippen molar-refractivity contribution in [3.8, 4) is 0 Å². The highest BCUT2D eigenvalue weighted by atomic mass is 32.2. The van der Waals surface area contributed by atoms with Crippen LogP contribution in [-0.2, 0) is 14.8 Å². The van der Waals surface area contributed by atoms with E-state index < -0.39 is 10.0 Å². The molecule has 1 aromatic heterocycles. The number of furan rings is 1. The van der Waals surface area contributed by atoms with Crippen LogP contribution in [0.25, 0.3) is 0 Å². The standard InChI is InChI=1S/C16H25NO4S/c1-12-5-8-17(15(11-12)16-4-3-13(2)21-16)22(18,19)14-6-9-20-10-7-14/h3-4,12,14-15H,5-11H2,1-2H3/t12-,15+/m1/s1. The largest absolute Gasteiger partial charge is 0.465 e. The second-order valence-corrected chi connectivity index (χ2v) is 8.73. The topological polar surface area (TPSA) is 59.8 Å². The van der Waals surface area contributed by atoms with Crippen molar-refractivity contribution in [2.45, 2.75) is 50.8 Å². The molecule has 0 aromatic carbocycles. The Morgan fingerprint density at radius 3 is 2.55 bits per heavy atom. The minimum Gasteiger partial charge on any atom is -0.465 e. The van der Waals surface area contributed by atoms with Crippen LogP contribution in [0.4, 0.5) is 0 Å². The summed E-state index contributed by atoms with van der Waals surface area (Å²) in [5.41, 5.74) is 0. The molecule has 0 saturated carbocycles. The molecule has 0 aliphatic carbocycles. The van der Waals surface area contributed by atoms with Gasteiger partial charge in [0.15, 0.2) is 0 Å². The Balaban J connectivity index is 1.88. The Morgan fingerprint density at radius 2 is 1.91 bits per heavy atom. The second-order valence-electron chi connectivity index (χ2n) is 6.56. The van der Waals surface area contributed by atoms with Gasteiger partial charge < -0.3 is 9.15 Å². The summed E-state index contributed by atoms with van der Waals surface area (Å²) in [7, 11) is -3.30. The molecule has 2 fully saturated rings. The van der Waals surface area contributed by atoms with Crippen molar-refractivity contribution < 1.29 is 17.6 Å². The predicted molar refractivity (Wildman–Crippen MR) is 84.1 cm³/mol. The number of hydrogen-bond donors (Lipinski definition) is 0. The molecule has 2 aliphatic rings. The molecular formula is C16H25NO4S. The quantitative estimate of drug-likeness (QED) is 0.856. The molecule has 2 aliphatic heterocycles. The summed E-state index contributed by atoms with van der Waals surface area (Å²) in [6, 6.07) is 3.67. The number of piperidine rings is 1. The molecule has 0 radical (unpaired) electrons. The average Bonchev–Trinajstić information content (AvgIpc) is 2.94. The van der Waals surface area contributed by atoms with Gasteiger partial charge in [-0.1, -0.05) is 6.92 Å². The first-order chi connectivity index (χ1) is 10.5. The van der Waals surface area contributed by atoms with E-state index >= 15 is 0 Å². The van der Waals surface area contributed by atoms with Gasteiger partial charge in [0.05, 0.1) is 11.3 Å². The first-order valence-electron chi connectivity index (χ1n) is 8.13. The van der Waals surface area contributed by atoms with E-state index in [1.165, 1.54) is 0 Å². The number of sulfonamides is 1. The maximum Gasteiger partial charge on any atom is 0.217 e. The molecule has 1 aromatic rings. The molecule has 3 heterocycles. The fraction of sp³-hybridized carbons (Fsp3) is 0.750. The van der Waals surface area contributed by atoms with Crippen molar-refractivity contribution in [1.29, 1.82) is 0 Å². The molecule has 22 heavy (non-hydrogen) atoms. The molecule has 0 amide bonds. The highest BCUT2D eigenvalue weighted by Gasteiger charge is 2.41. The summed E-state index contributed by atoms with van der Waals surface area (Å²) in [4.78, 5) is 0. The molecule has 2 saturated heterocycles. The lowest BCUT2D eigenvalue weighted by Crippen LogP contribution is -2.46. The van der Waals surface area contributed by atoms with Gasteiger partial charge in [0.2, 0.25) is 10.0 Å². The third kappa shape index (κ3) is 3.09. The van der Waals surface area contributed by atoms with Gasteiger partial charge in [0.25, 0.3) is 0 Å². The number of aryl methyl sites for hydroxylation is 1. The van der Waals surface area contributed by atoms with Gasteiger partial charge in [-0.05, 0) is 50.7 Å². The van der Waals surface area contributed by atoms with Crippen LogP contribution in [0.1, 0.15) is 50.2 Å². The van der Waals surface area contributed by atoms with Crippen LogP contribution in [0.3, 0.4) is 0 Å². The van der Waals surface area contributed by atoms with E-state index in [1.807, 2.05) is 19.1 Å². The molecule has 6 heteroatoms.